The summed E-state index contributed by atoms with van der Waals surface area (Å²) >= 11 is 0. The third kappa shape index (κ3) is 41.1. The molecule has 14 nitrogen and oxygen atoms in total. The molecule has 2 aliphatic heterocycles. The molecular weight excluding hydrogens is 1100 g/mol. The highest BCUT2D eigenvalue weighted by molar-refractivity contribution is 5.76. The lowest BCUT2D eigenvalue weighted by Gasteiger charge is -2.46. The monoisotopic (exact) mass is 1230 g/mol. The van der Waals surface area contributed by atoms with Gasteiger partial charge in [-0.1, -0.05) is 278 Å². The van der Waals surface area contributed by atoms with E-state index >= 15 is 0 Å². The summed E-state index contributed by atoms with van der Waals surface area (Å²) in [5, 5.41) is 87.2. The summed E-state index contributed by atoms with van der Waals surface area (Å²) in [6, 6.07) is -0.916. The number of unbranched alkanes of at least 4 members (excludes halogenated alkanes) is 29. The molecule has 14 heteroatoms. The average Bonchev–Trinajstić information content (AvgIpc) is 2.31. The normalized spacial score (nSPS) is 23.9. The van der Waals surface area contributed by atoms with Crippen LogP contribution in [0.2, 0.25) is 0 Å². The molecule has 12 unspecified atom stereocenters. The summed E-state index contributed by atoms with van der Waals surface area (Å²) in [4.78, 5) is 13.3. The van der Waals surface area contributed by atoms with Crippen LogP contribution in [0, 0.1) is 0 Å². The second-order valence-corrected chi connectivity index (χ2v) is 24.3. The number of rotatable bonds is 56. The van der Waals surface area contributed by atoms with Crippen LogP contribution in [-0.2, 0) is 23.7 Å². The summed E-state index contributed by atoms with van der Waals surface area (Å²) in [6.45, 7) is 2.67. The van der Waals surface area contributed by atoms with Gasteiger partial charge in [-0.3, -0.25) is 4.79 Å². The standard InChI is InChI=1S/C73H127NO13/c1-3-5-7-9-11-13-15-17-18-19-20-21-22-23-24-25-26-27-28-29-30-31-32-33-34-35-36-37-38-39-40-41-42-43-44-45-47-49-51-53-55-57-65(78)74-61(62(77)56-54-52-50-48-46-16-14-12-10-8-6-4-2)60-84-72-70(83)68(81)71(64(59-76)86-72)87-73-69(82)67(80)66(79)63(58-75)85-73/h5,7,11,13,17-18,20-21,23-24,26-27,29-30,54,56,61-64,66-73,75-77,79-83H,3-4,6,8-10,12,14-16,19,22,25,28,31-53,55,57-60H2,1-2H3,(H,74,78)/b7-5-,13-11-,18-17-,21-20-,24-23-,27-26-,30-29-,56-54+. The molecule has 0 aromatic carbocycles. The van der Waals surface area contributed by atoms with E-state index < -0.39 is 86.8 Å². The van der Waals surface area contributed by atoms with Crippen molar-refractivity contribution in [3.05, 3.63) is 97.2 Å². The van der Waals surface area contributed by atoms with Crippen molar-refractivity contribution in [1.29, 1.82) is 0 Å². The van der Waals surface area contributed by atoms with Gasteiger partial charge in [-0.05, 0) is 77.0 Å². The molecule has 2 heterocycles. The molecule has 2 aliphatic rings. The highest BCUT2D eigenvalue weighted by atomic mass is 16.7. The van der Waals surface area contributed by atoms with Crippen LogP contribution >= 0.6 is 0 Å². The van der Waals surface area contributed by atoms with Gasteiger partial charge in [0.05, 0.1) is 32.0 Å². The highest BCUT2D eigenvalue weighted by Gasteiger charge is 2.51. The van der Waals surface area contributed by atoms with Crippen molar-refractivity contribution < 1.29 is 64.6 Å². The molecule has 9 N–H and O–H groups in total. The zero-order chi connectivity index (χ0) is 63.1. The molecule has 0 aromatic rings. The van der Waals surface area contributed by atoms with Crippen LogP contribution in [0.1, 0.15) is 264 Å². The summed E-state index contributed by atoms with van der Waals surface area (Å²) in [5.41, 5.74) is 0. The number of carbonyl (C=O) groups is 1. The Bertz CT molecular complexity index is 1830. The van der Waals surface area contributed by atoms with Gasteiger partial charge in [0.1, 0.15) is 48.8 Å². The Kier molecular flexibility index (Phi) is 52.3. The Hall–Kier alpha value is -3.09. The van der Waals surface area contributed by atoms with Crippen molar-refractivity contribution in [1.82, 2.24) is 5.32 Å². The molecule has 1 amide bonds. The number of hydrogen-bond acceptors (Lipinski definition) is 13. The van der Waals surface area contributed by atoms with Crippen LogP contribution in [0.25, 0.3) is 0 Å². The number of carbonyl (C=O) groups excluding carboxylic acids is 1. The summed E-state index contributed by atoms with van der Waals surface area (Å²) in [6.07, 6.45) is 63.4. The molecule has 87 heavy (non-hydrogen) atoms. The Morgan fingerprint density at radius 1 is 0.425 bits per heavy atom. The second-order valence-electron chi connectivity index (χ2n) is 24.3. The van der Waals surface area contributed by atoms with Crippen molar-refractivity contribution in [3.8, 4) is 0 Å². The van der Waals surface area contributed by atoms with Gasteiger partial charge in [-0.25, -0.2) is 0 Å². The van der Waals surface area contributed by atoms with E-state index in [0.29, 0.717) is 6.42 Å². The Morgan fingerprint density at radius 2 is 0.793 bits per heavy atom. The molecular formula is C73H127NO13. The molecule has 2 fully saturated rings. The van der Waals surface area contributed by atoms with Gasteiger partial charge in [0.15, 0.2) is 12.6 Å². The molecule has 2 saturated heterocycles. The van der Waals surface area contributed by atoms with E-state index in [-0.39, 0.29) is 18.9 Å². The van der Waals surface area contributed by atoms with E-state index in [0.717, 1.165) is 83.5 Å². The number of amides is 1. The minimum atomic E-state index is -1.79. The molecule has 0 aliphatic carbocycles. The highest BCUT2D eigenvalue weighted by Crippen LogP contribution is 2.30. The Balaban J connectivity index is 1.55. The largest absolute Gasteiger partial charge is 0.394 e. The lowest BCUT2D eigenvalue weighted by molar-refractivity contribution is -0.359. The maximum absolute atomic E-state index is 13.3. The first-order valence-electron chi connectivity index (χ1n) is 35.0. The van der Waals surface area contributed by atoms with Gasteiger partial charge in [-0.2, -0.15) is 0 Å². The number of aliphatic hydroxyl groups is 8. The predicted molar refractivity (Wildman–Crippen MR) is 355 cm³/mol. The van der Waals surface area contributed by atoms with Crippen molar-refractivity contribution in [2.45, 2.75) is 338 Å². The van der Waals surface area contributed by atoms with Crippen molar-refractivity contribution in [2.24, 2.45) is 0 Å². The number of nitrogens with one attached hydrogen (secondary N) is 1. The predicted octanol–water partition coefficient (Wildman–Crippen LogP) is 14.2. The van der Waals surface area contributed by atoms with Gasteiger partial charge in [0, 0.05) is 6.42 Å². The van der Waals surface area contributed by atoms with Crippen molar-refractivity contribution >= 4 is 5.91 Å². The Labute approximate surface area is 528 Å². The maximum Gasteiger partial charge on any atom is 0.220 e. The molecule has 0 aromatic heterocycles. The number of aliphatic hydroxyl groups excluding tert-OH is 8. The third-order valence-corrected chi connectivity index (χ3v) is 16.5. The van der Waals surface area contributed by atoms with Crippen LogP contribution in [0.15, 0.2) is 97.2 Å². The average molecular weight is 1230 g/mol. The molecule has 2 rings (SSSR count). The molecule has 0 spiro atoms. The topological polar surface area (TPSA) is 228 Å². The van der Waals surface area contributed by atoms with Gasteiger partial charge < -0.3 is 65.1 Å². The van der Waals surface area contributed by atoms with Crippen LogP contribution in [0.3, 0.4) is 0 Å². The van der Waals surface area contributed by atoms with E-state index in [1.54, 1.807) is 6.08 Å². The first-order chi connectivity index (χ1) is 42.6. The number of ether oxygens (including phenoxy) is 4. The molecule has 502 valence electrons. The minimum absolute atomic E-state index is 0.240. The minimum Gasteiger partial charge on any atom is -0.394 e. The number of hydrogen-bond donors (Lipinski definition) is 9. The fourth-order valence-electron chi connectivity index (χ4n) is 11.0. The molecule has 12 atom stereocenters. The first-order valence-corrected chi connectivity index (χ1v) is 35.0. The van der Waals surface area contributed by atoms with Crippen LogP contribution in [0.4, 0.5) is 0 Å². The second kappa shape index (κ2) is 56.9. The molecule has 0 saturated carbocycles. The van der Waals surface area contributed by atoms with E-state index in [1.807, 2.05) is 6.08 Å². The van der Waals surface area contributed by atoms with Gasteiger partial charge in [0.25, 0.3) is 0 Å². The maximum atomic E-state index is 13.3. The fourth-order valence-corrected chi connectivity index (χ4v) is 11.0. The van der Waals surface area contributed by atoms with E-state index in [1.165, 1.54) is 154 Å². The van der Waals surface area contributed by atoms with E-state index in [9.17, 15) is 45.6 Å². The zero-order valence-electron chi connectivity index (χ0n) is 54.5. The molecule has 0 bridgehead atoms. The van der Waals surface area contributed by atoms with E-state index in [4.69, 9.17) is 18.9 Å². The fraction of sp³-hybridized carbons (Fsp3) is 0.767. The third-order valence-electron chi connectivity index (χ3n) is 16.5. The zero-order valence-corrected chi connectivity index (χ0v) is 54.5. The van der Waals surface area contributed by atoms with Crippen molar-refractivity contribution in [3.63, 3.8) is 0 Å². The first kappa shape index (κ1) is 80.0. The molecule has 0 radical (unpaired) electrons. The van der Waals surface area contributed by atoms with Crippen molar-refractivity contribution in [2.75, 3.05) is 19.8 Å². The summed E-state index contributed by atoms with van der Waals surface area (Å²) in [5.74, 6) is -0.240. The summed E-state index contributed by atoms with van der Waals surface area (Å²) < 4.78 is 22.8. The lowest BCUT2D eigenvalue weighted by atomic mass is 9.97. The Morgan fingerprint density at radius 3 is 1.22 bits per heavy atom. The lowest BCUT2D eigenvalue weighted by Crippen LogP contribution is -2.65. The number of allylic oxidation sites excluding steroid dienone is 15. The summed E-state index contributed by atoms with van der Waals surface area (Å²) in [7, 11) is 0. The van der Waals surface area contributed by atoms with E-state index in [2.05, 4.69) is 104 Å². The van der Waals surface area contributed by atoms with Gasteiger partial charge in [-0.15, -0.1) is 0 Å². The van der Waals surface area contributed by atoms with Crippen LogP contribution in [-0.4, -0.2) is 140 Å². The smallest absolute Gasteiger partial charge is 0.220 e. The van der Waals surface area contributed by atoms with Crippen LogP contribution < -0.4 is 5.32 Å². The van der Waals surface area contributed by atoms with Crippen LogP contribution in [0.5, 0.6) is 0 Å². The quantitative estimate of drug-likeness (QED) is 0.0204. The van der Waals surface area contributed by atoms with Gasteiger partial charge in [0.2, 0.25) is 5.91 Å². The SMILES string of the molecule is CC/C=C\C/C=C\C/C=C\C/C=C\C/C=C\C/C=C\C/C=C\CCCCCCCCCCCCCCCCCCCCCC(=O)NC(COC1OC(CO)C(OC2OC(CO)C(O)C(O)C2O)C(O)C1O)C(O)/C=C/CCCCCCCCCCCC. The van der Waals surface area contributed by atoms with Gasteiger partial charge >= 0.3 is 0 Å².